The van der Waals surface area contributed by atoms with E-state index >= 15 is 0 Å². The predicted octanol–water partition coefficient (Wildman–Crippen LogP) is 1.73. The molecular formula is C11H14N2OS. The molecule has 0 aromatic carbocycles. The lowest BCUT2D eigenvalue weighted by atomic mass is 10.2. The lowest BCUT2D eigenvalue weighted by Crippen LogP contribution is -2.25. The first kappa shape index (κ1) is 10.5. The minimum absolute atomic E-state index is 0.142. The summed E-state index contributed by atoms with van der Waals surface area (Å²) >= 11 is 4.33. The molecule has 1 fully saturated rings. The van der Waals surface area contributed by atoms with Gasteiger partial charge < -0.3 is 4.90 Å². The summed E-state index contributed by atoms with van der Waals surface area (Å²) in [7, 11) is 0. The van der Waals surface area contributed by atoms with Crippen molar-refractivity contribution in [3.8, 4) is 0 Å². The highest BCUT2D eigenvalue weighted by Gasteiger charge is 2.29. The van der Waals surface area contributed by atoms with E-state index < -0.39 is 0 Å². The molecule has 0 bridgehead atoms. The van der Waals surface area contributed by atoms with E-state index in [4.69, 9.17) is 0 Å². The molecule has 0 N–H and O–H groups in total. The maximum absolute atomic E-state index is 11.7. The monoisotopic (exact) mass is 222 g/mol. The van der Waals surface area contributed by atoms with Gasteiger partial charge in [-0.2, -0.15) is 12.6 Å². The quantitative estimate of drug-likeness (QED) is 0.734. The Labute approximate surface area is 94.9 Å². The van der Waals surface area contributed by atoms with Gasteiger partial charge in [-0.3, -0.25) is 9.78 Å². The van der Waals surface area contributed by atoms with Gasteiger partial charge in [0.2, 0.25) is 5.91 Å². The lowest BCUT2D eigenvalue weighted by Gasteiger charge is -2.18. The van der Waals surface area contributed by atoms with Crippen molar-refractivity contribution in [2.75, 3.05) is 11.4 Å². The highest BCUT2D eigenvalue weighted by atomic mass is 32.1. The molecule has 15 heavy (non-hydrogen) atoms. The molecule has 0 radical (unpaired) electrons. The number of amides is 1. The van der Waals surface area contributed by atoms with E-state index in [1.807, 2.05) is 26.0 Å². The number of aryl methyl sites for hydroxylation is 2. The summed E-state index contributed by atoms with van der Waals surface area (Å²) < 4.78 is 0. The van der Waals surface area contributed by atoms with Crippen molar-refractivity contribution in [2.45, 2.75) is 25.5 Å². The molecule has 0 aliphatic carbocycles. The van der Waals surface area contributed by atoms with Crippen LogP contribution < -0.4 is 4.90 Å². The molecule has 1 aromatic rings. The molecule has 2 heterocycles. The van der Waals surface area contributed by atoms with Crippen LogP contribution in [0.2, 0.25) is 0 Å². The highest BCUT2D eigenvalue weighted by Crippen LogP contribution is 2.26. The number of hydrogen-bond acceptors (Lipinski definition) is 3. The first-order valence-electron chi connectivity index (χ1n) is 5.00. The van der Waals surface area contributed by atoms with E-state index in [1.165, 1.54) is 0 Å². The minimum atomic E-state index is 0.142. The van der Waals surface area contributed by atoms with Crippen LogP contribution in [0.4, 0.5) is 5.69 Å². The van der Waals surface area contributed by atoms with Gasteiger partial charge in [-0.15, -0.1) is 0 Å². The third-order valence-corrected chi connectivity index (χ3v) is 2.94. The van der Waals surface area contributed by atoms with Crippen LogP contribution in [0.15, 0.2) is 12.1 Å². The van der Waals surface area contributed by atoms with Crippen molar-refractivity contribution < 1.29 is 4.79 Å². The van der Waals surface area contributed by atoms with Crippen LogP contribution in [0, 0.1) is 13.8 Å². The largest absolute Gasteiger partial charge is 0.309 e. The Hall–Kier alpha value is -1.03. The van der Waals surface area contributed by atoms with E-state index in [0.29, 0.717) is 13.0 Å². The first-order valence-corrected chi connectivity index (χ1v) is 5.52. The highest BCUT2D eigenvalue weighted by molar-refractivity contribution is 7.81. The summed E-state index contributed by atoms with van der Waals surface area (Å²) in [5, 5.41) is 0.151. The van der Waals surface area contributed by atoms with Crippen LogP contribution in [0.5, 0.6) is 0 Å². The zero-order valence-corrected chi connectivity index (χ0v) is 9.79. The number of thiol groups is 1. The van der Waals surface area contributed by atoms with Crippen molar-refractivity contribution in [2.24, 2.45) is 0 Å². The van der Waals surface area contributed by atoms with Gasteiger partial charge in [-0.1, -0.05) is 0 Å². The van der Waals surface area contributed by atoms with Crippen molar-refractivity contribution in [1.82, 2.24) is 4.98 Å². The second kappa shape index (κ2) is 3.85. The van der Waals surface area contributed by atoms with Crippen LogP contribution in [0.3, 0.4) is 0 Å². The molecule has 1 aliphatic heterocycles. The molecular weight excluding hydrogens is 208 g/mol. The van der Waals surface area contributed by atoms with Crippen LogP contribution in [-0.4, -0.2) is 22.7 Å². The standard InChI is InChI=1S/C11H14N2OS/c1-7-3-4-10(8(2)12-7)13-6-9(15)5-11(13)14/h3-4,9,15H,5-6H2,1-2H3. The van der Waals surface area contributed by atoms with Gasteiger partial charge in [0.15, 0.2) is 0 Å². The zero-order valence-electron chi connectivity index (χ0n) is 8.90. The molecule has 2 rings (SSSR count). The summed E-state index contributed by atoms with van der Waals surface area (Å²) in [5.74, 6) is 0.142. The summed E-state index contributed by atoms with van der Waals surface area (Å²) in [6.45, 7) is 4.57. The fourth-order valence-corrected chi connectivity index (χ4v) is 2.21. The molecule has 1 aliphatic rings. The SMILES string of the molecule is Cc1ccc(N2CC(S)CC2=O)c(C)n1. The molecule has 1 aromatic heterocycles. The summed E-state index contributed by atoms with van der Waals surface area (Å²) in [6.07, 6.45) is 0.524. The molecule has 4 heteroatoms. The number of nitrogens with zero attached hydrogens (tertiary/aromatic N) is 2. The summed E-state index contributed by atoms with van der Waals surface area (Å²) in [5.41, 5.74) is 2.80. The number of rotatable bonds is 1. The van der Waals surface area contributed by atoms with Gasteiger partial charge in [-0.05, 0) is 26.0 Å². The molecule has 1 unspecified atom stereocenters. The average Bonchev–Trinajstić information content (AvgIpc) is 2.45. The summed E-state index contributed by atoms with van der Waals surface area (Å²) in [4.78, 5) is 17.8. The van der Waals surface area contributed by atoms with Gasteiger partial charge in [0.25, 0.3) is 0 Å². The number of carbonyl (C=O) groups is 1. The molecule has 80 valence electrons. The van der Waals surface area contributed by atoms with Crippen LogP contribution in [-0.2, 0) is 4.79 Å². The van der Waals surface area contributed by atoms with E-state index in [9.17, 15) is 4.79 Å². The van der Waals surface area contributed by atoms with Crippen LogP contribution in [0.25, 0.3) is 0 Å². The Morgan fingerprint density at radius 3 is 2.73 bits per heavy atom. The zero-order chi connectivity index (χ0) is 11.0. The fraction of sp³-hybridized carbons (Fsp3) is 0.455. The lowest BCUT2D eigenvalue weighted by molar-refractivity contribution is -0.117. The molecule has 0 saturated carbocycles. The van der Waals surface area contributed by atoms with Crippen molar-refractivity contribution in [3.63, 3.8) is 0 Å². The van der Waals surface area contributed by atoms with Gasteiger partial charge in [0.05, 0.1) is 11.4 Å². The maximum atomic E-state index is 11.7. The second-order valence-corrected chi connectivity index (χ2v) is 4.65. The van der Waals surface area contributed by atoms with Gasteiger partial charge >= 0.3 is 0 Å². The maximum Gasteiger partial charge on any atom is 0.228 e. The first-order chi connectivity index (χ1) is 7.08. The Kier molecular flexibility index (Phi) is 2.69. The van der Waals surface area contributed by atoms with E-state index in [-0.39, 0.29) is 11.2 Å². The number of carbonyl (C=O) groups excluding carboxylic acids is 1. The predicted molar refractivity (Wildman–Crippen MR) is 63.5 cm³/mol. The summed E-state index contributed by atoms with van der Waals surface area (Å²) in [6, 6.07) is 3.89. The topological polar surface area (TPSA) is 33.2 Å². The average molecular weight is 222 g/mol. The Balaban J connectivity index is 2.34. The minimum Gasteiger partial charge on any atom is -0.309 e. The molecule has 1 atom stereocenters. The number of anilines is 1. The molecule has 1 saturated heterocycles. The molecule has 0 spiro atoms. The smallest absolute Gasteiger partial charge is 0.228 e. The Morgan fingerprint density at radius 2 is 2.20 bits per heavy atom. The number of aromatic nitrogens is 1. The number of hydrogen-bond donors (Lipinski definition) is 1. The van der Waals surface area contributed by atoms with Gasteiger partial charge in [0, 0.05) is 23.9 Å². The van der Waals surface area contributed by atoms with E-state index in [2.05, 4.69) is 17.6 Å². The van der Waals surface area contributed by atoms with E-state index in [0.717, 1.165) is 17.1 Å². The molecule has 3 nitrogen and oxygen atoms in total. The van der Waals surface area contributed by atoms with Crippen LogP contribution >= 0.6 is 12.6 Å². The van der Waals surface area contributed by atoms with Gasteiger partial charge in [0.1, 0.15) is 0 Å². The Bertz CT molecular complexity index is 406. The fourth-order valence-electron chi connectivity index (χ4n) is 1.89. The number of pyridine rings is 1. The van der Waals surface area contributed by atoms with Gasteiger partial charge in [-0.25, -0.2) is 0 Å². The Morgan fingerprint density at radius 1 is 1.47 bits per heavy atom. The normalized spacial score (nSPS) is 21.1. The third-order valence-electron chi connectivity index (χ3n) is 2.59. The van der Waals surface area contributed by atoms with Crippen molar-refractivity contribution in [1.29, 1.82) is 0 Å². The second-order valence-electron chi connectivity index (χ2n) is 3.92. The third kappa shape index (κ3) is 2.00. The van der Waals surface area contributed by atoms with Crippen molar-refractivity contribution in [3.05, 3.63) is 23.5 Å². The van der Waals surface area contributed by atoms with E-state index in [1.54, 1.807) is 4.90 Å². The van der Waals surface area contributed by atoms with Crippen molar-refractivity contribution >= 4 is 24.2 Å². The molecule has 1 amide bonds. The van der Waals surface area contributed by atoms with Crippen LogP contribution in [0.1, 0.15) is 17.8 Å².